The van der Waals surface area contributed by atoms with Gasteiger partial charge in [0, 0.05) is 30.3 Å². The molecule has 0 aromatic carbocycles. The highest BCUT2D eigenvalue weighted by atomic mass is 16.5. The number of nitrogen functional groups attached to an aromatic ring is 1. The Bertz CT molecular complexity index is 377. The molecular formula is C12H20N4O. The summed E-state index contributed by atoms with van der Waals surface area (Å²) in [5.41, 5.74) is 10.1. The summed E-state index contributed by atoms with van der Waals surface area (Å²) < 4.78 is 5.90. The molecule has 1 aromatic heterocycles. The topological polar surface area (TPSA) is 86.2 Å². The Morgan fingerprint density at radius 3 is 2.94 bits per heavy atom. The number of nitrogens with one attached hydrogen (secondary N) is 1. The minimum Gasteiger partial charge on any atom is -0.398 e. The number of nitrogens with two attached hydrogens (primary N) is 2. The zero-order valence-electron chi connectivity index (χ0n) is 10.1. The summed E-state index contributed by atoms with van der Waals surface area (Å²) in [6.45, 7) is 2.85. The van der Waals surface area contributed by atoms with E-state index in [4.69, 9.17) is 16.3 Å². The van der Waals surface area contributed by atoms with E-state index in [1.54, 1.807) is 18.5 Å². The second-order valence-electron chi connectivity index (χ2n) is 4.72. The zero-order valence-corrected chi connectivity index (χ0v) is 10.1. The maximum Gasteiger partial charge on any atom is 0.0862 e. The van der Waals surface area contributed by atoms with E-state index in [1.807, 2.05) is 0 Å². The van der Waals surface area contributed by atoms with Gasteiger partial charge in [0.15, 0.2) is 0 Å². The van der Waals surface area contributed by atoms with E-state index in [9.17, 15) is 0 Å². The van der Waals surface area contributed by atoms with E-state index in [1.165, 1.54) is 0 Å². The SMILES string of the molecule is CC1(C(NN)c2cnccc2N)CCCCO1. The van der Waals surface area contributed by atoms with Crippen LogP contribution in [0.1, 0.15) is 37.8 Å². The molecule has 0 aliphatic carbocycles. The molecule has 0 radical (unpaired) electrons. The number of pyridine rings is 1. The smallest absolute Gasteiger partial charge is 0.0862 e. The van der Waals surface area contributed by atoms with Gasteiger partial charge in [0.25, 0.3) is 0 Å². The Hall–Kier alpha value is -1.17. The highest BCUT2D eigenvalue weighted by Crippen LogP contribution is 2.37. The van der Waals surface area contributed by atoms with Crippen LogP contribution in [-0.2, 0) is 4.74 Å². The fourth-order valence-corrected chi connectivity index (χ4v) is 2.44. The predicted molar refractivity (Wildman–Crippen MR) is 66.9 cm³/mol. The van der Waals surface area contributed by atoms with Crippen LogP contribution in [0.2, 0.25) is 0 Å². The first kappa shape index (κ1) is 12.3. The van der Waals surface area contributed by atoms with E-state index in [2.05, 4.69) is 17.3 Å². The van der Waals surface area contributed by atoms with Gasteiger partial charge < -0.3 is 10.5 Å². The van der Waals surface area contributed by atoms with Crippen LogP contribution in [0.4, 0.5) is 5.69 Å². The first-order valence-corrected chi connectivity index (χ1v) is 5.97. The fourth-order valence-electron chi connectivity index (χ4n) is 2.44. The summed E-state index contributed by atoms with van der Waals surface area (Å²) in [6.07, 6.45) is 6.65. The number of hydrogen-bond acceptors (Lipinski definition) is 5. The van der Waals surface area contributed by atoms with Crippen LogP contribution in [0.15, 0.2) is 18.5 Å². The van der Waals surface area contributed by atoms with Gasteiger partial charge in [0.2, 0.25) is 0 Å². The average molecular weight is 236 g/mol. The molecule has 2 atom stereocenters. The summed E-state index contributed by atoms with van der Waals surface area (Å²) >= 11 is 0. The third kappa shape index (κ3) is 2.41. The van der Waals surface area contributed by atoms with Crippen LogP contribution in [0.3, 0.4) is 0 Å². The van der Waals surface area contributed by atoms with Crippen molar-refractivity contribution in [3.8, 4) is 0 Å². The average Bonchev–Trinajstić information content (AvgIpc) is 2.33. The lowest BCUT2D eigenvalue weighted by Crippen LogP contribution is -2.48. The number of anilines is 1. The Morgan fingerprint density at radius 2 is 2.35 bits per heavy atom. The van der Waals surface area contributed by atoms with E-state index < -0.39 is 0 Å². The monoisotopic (exact) mass is 236 g/mol. The summed E-state index contributed by atoms with van der Waals surface area (Å²) in [7, 11) is 0. The number of rotatable bonds is 3. The summed E-state index contributed by atoms with van der Waals surface area (Å²) in [4.78, 5) is 4.11. The Balaban J connectivity index is 2.29. The molecule has 0 saturated carbocycles. The molecule has 5 N–H and O–H groups in total. The highest BCUT2D eigenvalue weighted by molar-refractivity contribution is 5.47. The molecule has 1 aromatic rings. The molecule has 2 rings (SSSR count). The second kappa shape index (κ2) is 5.00. The molecule has 94 valence electrons. The van der Waals surface area contributed by atoms with Crippen molar-refractivity contribution in [1.82, 2.24) is 10.4 Å². The van der Waals surface area contributed by atoms with Gasteiger partial charge in [-0.25, -0.2) is 5.43 Å². The van der Waals surface area contributed by atoms with Crippen molar-refractivity contribution in [1.29, 1.82) is 0 Å². The first-order chi connectivity index (χ1) is 8.17. The number of hydrogen-bond donors (Lipinski definition) is 3. The van der Waals surface area contributed by atoms with Gasteiger partial charge in [0.05, 0.1) is 11.6 Å². The third-order valence-electron chi connectivity index (χ3n) is 3.47. The second-order valence-corrected chi connectivity index (χ2v) is 4.72. The summed E-state index contributed by atoms with van der Waals surface area (Å²) in [5, 5.41) is 0. The van der Waals surface area contributed by atoms with Crippen molar-refractivity contribution in [3.05, 3.63) is 24.0 Å². The Kier molecular flexibility index (Phi) is 3.61. The third-order valence-corrected chi connectivity index (χ3v) is 3.47. The Labute approximate surface area is 102 Å². The van der Waals surface area contributed by atoms with Crippen molar-refractivity contribution in [2.24, 2.45) is 5.84 Å². The molecule has 2 heterocycles. The van der Waals surface area contributed by atoms with Gasteiger partial charge in [-0.2, -0.15) is 0 Å². The number of hydrazine groups is 1. The molecule has 0 spiro atoms. The van der Waals surface area contributed by atoms with Gasteiger partial charge in [-0.05, 0) is 32.3 Å². The van der Waals surface area contributed by atoms with Crippen molar-refractivity contribution >= 4 is 5.69 Å². The van der Waals surface area contributed by atoms with Crippen LogP contribution in [0.5, 0.6) is 0 Å². The Morgan fingerprint density at radius 1 is 1.53 bits per heavy atom. The normalized spacial score (nSPS) is 26.7. The fraction of sp³-hybridized carbons (Fsp3) is 0.583. The number of nitrogens with zero attached hydrogens (tertiary/aromatic N) is 1. The van der Waals surface area contributed by atoms with Crippen LogP contribution < -0.4 is 17.0 Å². The number of ether oxygens (including phenoxy) is 1. The molecule has 5 nitrogen and oxygen atoms in total. The minimum absolute atomic E-state index is 0.128. The largest absolute Gasteiger partial charge is 0.398 e. The molecule has 0 amide bonds. The molecule has 5 heteroatoms. The van der Waals surface area contributed by atoms with Gasteiger partial charge in [0.1, 0.15) is 0 Å². The first-order valence-electron chi connectivity index (χ1n) is 5.97. The van der Waals surface area contributed by atoms with Crippen LogP contribution in [0, 0.1) is 0 Å². The van der Waals surface area contributed by atoms with Crippen LogP contribution >= 0.6 is 0 Å². The standard InChI is InChI=1S/C12H20N4O/c1-12(5-2-3-7-17-12)11(16-14)9-8-15-6-4-10(9)13/h4,6,8,11,16H,2-3,5,7,14H2,1H3,(H2,13,15). The highest BCUT2D eigenvalue weighted by Gasteiger charge is 2.38. The van der Waals surface area contributed by atoms with E-state index in [0.29, 0.717) is 5.69 Å². The predicted octanol–water partition coefficient (Wildman–Crippen LogP) is 1.13. The van der Waals surface area contributed by atoms with E-state index in [-0.39, 0.29) is 11.6 Å². The molecule has 2 unspecified atom stereocenters. The van der Waals surface area contributed by atoms with Crippen LogP contribution in [-0.4, -0.2) is 17.2 Å². The van der Waals surface area contributed by atoms with Gasteiger partial charge in [-0.3, -0.25) is 10.8 Å². The lowest BCUT2D eigenvalue weighted by molar-refractivity contribution is -0.0898. The van der Waals surface area contributed by atoms with Crippen molar-refractivity contribution < 1.29 is 4.74 Å². The molecule has 1 aliphatic heterocycles. The lowest BCUT2D eigenvalue weighted by atomic mass is 9.84. The van der Waals surface area contributed by atoms with Gasteiger partial charge in [-0.15, -0.1) is 0 Å². The van der Waals surface area contributed by atoms with Crippen molar-refractivity contribution in [2.45, 2.75) is 37.8 Å². The van der Waals surface area contributed by atoms with Gasteiger partial charge >= 0.3 is 0 Å². The minimum atomic E-state index is -0.315. The van der Waals surface area contributed by atoms with Gasteiger partial charge in [-0.1, -0.05) is 0 Å². The maximum atomic E-state index is 5.97. The van der Waals surface area contributed by atoms with Crippen molar-refractivity contribution in [2.75, 3.05) is 12.3 Å². The molecule has 1 saturated heterocycles. The quantitative estimate of drug-likeness (QED) is 0.541. The van der Waals surface area contributed by atoms with Crippen LogP contribution in [0.25, 0.3) is 0 Å². The molecular weight excluding hydrogens is 216 g/mol. The molecule has 1 fully saturated rings. The zero-order chi connectivity index (χ0) is 12.3. The summed E-state index contributed by atoms with van der Waals surface area (Å²) in [6, 6.07) is 1.66. The van der Waals surface area contributed by atoms with E-state index in [0.717, 1.165) is 31.4 Å². The lowest BCUT2D eigenvalue weighted by Gasteiger charge is -2.40. The molecule has 1 aliphatic rings. The maximum absolute atomic E-state index is 5.97. The van der Waals surface area contributed by atoms with E-state index >= 15 is 0 Å². The number of aromatic nitrogens is 1. The molecule has 0 bridgehead atoms. The summed E-state index contributed by atoms with van der Waals surface area (Å²) in [5.74, 6) is 5.68. The molecule has 17 heavy (non-hydrogen) atoms. The van der Waals surface area contributed by atoms with Crippen molar-refractivity contribution in [3.63, 3.8) is 0 Å².